The van der Waals surface area contributed by atoms with Crippen LogP contribution < -0.4 is 10.6 Å². The molecular formula is C19H25FN2O2. The maximum atomic E-state index is 12.9. The molecule has 1 aromatic carbocycles. The molecule has 1 amide bonds. The average Bonchev–Trinajstić information content (AvgIpc) is 2.94. The minimum absolute atomic E-state index is 0.140. The van der Waals surface area contributed by atoms with Gasteiger partial charge in [0.05, 0.1) is 6.10 Å². The van der Waals surface area contributed by atoms with Gasteiger partial charge in [-0.05, 0) is 56.5 Å². The molecule has 1 heterocycles. The molecule has 1 saturated heterocycles. The van der Waals surface area contributed by atoms with Crippen molar-refractivity contribution < 1.29 is 13.9 Å². The number of ether oxygens (including phenoxy) is 1. The van der Waals surface area contributed by atoms with E-state index in [1.807, 2.05) is 0 Å². The molecule has 1 spiro atoms. The Hall–Kier alpha value is -1.46. The van der Waals surface area contributed by atoms with Gasteiger partial charge in [0.2, 0.25) is 0 Å². The second-order valence-corrected chi connectivity index (χ2v) is 7.38. The fourth-order valence-electron chi connectivity index (χ4n) is 4.81. The number of benzene rings is 1. The van der Waals surface area contributed by atoms with E-state index in [4.69, 9.17) is 4.74 Å². The van der Waals surface area contributed by atoms with Crippen LogP contribution in [-0.2, 0) is 4.74 Å². The van der Waals surface area contributed by atoms with Gasteiger partial charge in [-0.2, -0.15) is 0 Å². The first kappa shape index (κ1) is 16.0. The Balaban J connectivity index is 1.18. The van der Waals surface area contributed by atoms with E-state index >= 15 is 0 Å². The van der Waals surface area contributed by atoms with Crippen LogP contribution in [0.1, 0.15) is 42.5 Å². The van der Waals surface area contributed by atoms with Crippen LogP contribution in [0.3, 0.4) is 0 Å². The van der Waals surface area contributed by atoms with Gasteiger partial charge in [-0.15, -0.1) is 0 Å². The standard InChI is InChI=1S/C19H25FN2O2/c20-14-5-3-13(4-6-14)18(23)22-11-2-10-21-16-15-7-12-24-17(15)19(16)8-1-9-19/h3-6,15-17,21H,1-2,7-12H2,(H,22,23)/t15-,16+,17+/m0/s1. The molecule has 1 aliphatic heterocycles. The van der Waals surface area contributed by atoms with Crippen molar-refractivity contribution in [2.75, 3.05) is 19.7 Å². The van der Waals surface area contributed by atoms with Crippen molar-refractivity contribution >= 4 is 5.91 Å². The highest BCUT2D eigenvalue weighted by molar-refractivity contribution is 5.94. The smallest absolute Gasteiger partial charge is 0.251 e. The van der Waals surface area contributed by atoms with Gasteiger partial charge in [0, 0.05) is 36.1 Å². The van der Waals surface area contributed by atoms with Crippen molar-refractivity contribution in [3.8, 4) is 0 Å². The van der Waals surface area contributed by atoms with Gasteiger partial charge >= 0.3 is 0 Å². The zero-order valence-electron chi connectivity index (χ0n) is 13.9. The van der Waals surface area contributed by atoms with Crippen LogP contribution >= 0.6 is 0 Å². The lowest BCUT2D eigenvalue weighted by molar-refractivity contribution is -0.175. The highest BCUT2D eigenvalue weighted by atomic mass is 19.1. The van der Waals surface area contributed by atoms with Crippen molar-refractivity contribution in [2.24, 2.45) is 11.3 Å². The van der Waals surface area contributed by atoms with Crippen LogP contribution in [0.25, 0.3) is 0 Å². The van der Waals surface area contributed by atoms with Crippen LogP contribution in [-0.4, -0.2) is 37.7 Å². The Morgan fingerprint density at radius 3 is 2.75 bits per heavy atom. The average molecular weight is 332 g/mol. The molecule has 4 rings (SSSR count). The SMILES string of the molecule is O=C(NCCCN[C@@H]1[C@@H]2CCO[C@H]2C12CCC2)c1ccc(F)cc1. The summed E-state index contributed by atoms with van der Waals surface area (Å²) in [4.78, 5) is 12.0. The summed E-state index contributed by atoms with van der Waals surface area (Å²) in [7, 11) is 0. The molecule has 0 bridgehead atoms. The summed E-state index contributed by atoms with van der Waals surface area (Å²) in [5.74, 6) is 0.229. The number of halogens is 1. The number of rotatable bonds is 6. The topological polar surface area (TPSA) is 50.4 Å². The van der Waals surface area contributed by atoms with E-state index in [1.54, 1.807) is 0 Å². The van der Waals surface area contributed by atoms with E-state index in [-0.39, 0.29) is 11.7 Å². The number of hydrogen-bond donors (Lipinski definition) is 2. The lowest BCUT2D eigenvalue weighted by Gasteiger charge is -2.63. The maximum Gasteiger partial charge on any atom is 0.251 e. The van der Waals surface area contributed by atoms with Crippen molar-refractivity contribution in [3.05, 3.63) is 35.6 Å². The summed E-state index contributed by atoms with van der Waals surface area (Å²) >= 11 is 0. The molecule has 0 radical (unpaired) electrons. The van der Waals surface area contributed by atoms with E-state index < -0.39 is 0 Å². The number of fused-ring (bicyclic) bond motifs is 2. The molecule has 2 aliphatic carbocycles. The predicted octanol–water partition coefficient (Wildman–Crippen LogP) is 2.49. The molecule has 3 atom stereocenters. The highest BCUT2D eigenvalue weighted by Gasteiger charge is 2.66. The molecule has 2 saturated carbocycles. The van der Waals surface area contributed by atoms with Crippen LogP contribution in [0.4, 0.5) is 4.39 Å². The van der Waals surface area contributed by atoms with E-state index in [1.165, 1.54) is 49.9 Å². The molecule has 3 fully saturated rings. The van der Waals surface area contributed by atoms with Crippen LogP contribution in [0.2, 0.25) is 0 Å². The quantitative estimate of drug-likeness (QED) is 0.787. The molecule has 2 N–H and O–H groups in total. The molecule has 130 valence electrons. The monoisotopic (exact) mass is 332 g/mol. The normalized spacial score (nSPS) is 29.6. The van der Waals surface area contributed by atoms with Crippen LogP contribution in [0.5, 0.6) is 0 Å². The van der Waals surface area contributed by atoms with Gasteiger partial charge in [0.1, 0.15) is 5.82 Å². The zero-order chi connectivity index (χ0) is 16.6. The van der Waals surface area contributed by atoms with Crippen molar-refractivity contribution in [1.29, 1.82) is 0 Å². The molecule has 24 heavy (non-hydrogen) atoms. The zero-order valence-corrected chi connectivity index (χ0v) is 13.9. The summed E-state index contributed by atoms with van der Waals surface area (Å²) in [6.07, 6.45) is 6.52. The van der Waals surface area contributed by atoms with Crippen LogP contribution in [0.15, 0.2) is 24.3 Å². The Morgan fingerprint density at radius 2 is 2.04 bits per heavy atom. The van der Waals surface area contributed by atoms with Gasteiger partial charge in [0.25, 0.3) is 5.91 Å². The third-order valence-electron chi connectivity index (χ3n) is 6.15. The Morgan fingerprint density at radius 1 is 1.25 bits per heavy atom. The molecular weight excluding hydrogens is 307 g/mol. The third-order valence-corrected chi connectivity index (χ3v) is 6.15. The molecule has 3 aliphatic rings. The minimum atomic E-state index is -0.324. The summed E-state index contributed by atoms with van der Waals surface area (Å²) < 4.78 is 18.8. The first-order valence-electron chi connectivity index (χ1n) is 9.09. The lowest BCUT2D eigenvalue weighted by atomic mass is 9.46. The Labute approximate surface area is 142 Å². The van der Waals surface area contributed by atoms with Gasteiger partial charge in [0.15, 0.2) is 0 Å². The first-order valence-corrected chi connectivity index (χ1v) is 9.09. The van der Waals surface area contributed by atoms with E-state index in [2.05, 4.69) is 10.6 Å². The lowest BCUT2D eigenvalue weighted by Crippen LogP contribution is -2.71. The molecule has 0 aromatic heterocycles. The number of hydrogen-bond acceptors (Lipinski definition) is 3. The van der Waals surface area contributed by atoms with Crippen molar-refractivity contribution in [2.45, 2.75) is 44.2 Å². The predicted molar refractivity (Wildman–Crippen MR) is 89.3 cm³/mol. The fraction of sp³-hybridized carbons (Fsp3) is 0.632. The second-order valence-electron chi connectivity index (χ2n) is 7.38. The third kappa shape index (κ3) is 2.64. The Kier molecular flexibility index (Phi) is 4.31. The van der Waals surface area contributed by atoms with Gasteiger partial charge in [-0.3, -0.25) is 4.79 Å². The largest absolute Gasteiger partial charge is 0.377 e. The maximum absolute atomic E-state index is 12.9. The number of amides is 1. The minimum Gasteiger partial charge on any atom is -0.377 e. The molecule has 5 heteroatoms. The second kappa shape index (κ2) is 6.45. The van der Waals surface area contributed by atoms with Crippen LogP contribution in [0, 0.1) is 17.2 Å². The van der Waals surface area contributed by atoms with E-state index in [0.717, 1.165) is 19.6 Å². The van der Waals surface area contributed by atoms with Crippen molar-refractivity contribution in [1.82, 2.24) is 10.6 Å². The summed E-state index contributed by atoms with van der Waals surface area (Å²) in [6, 6.07) is 6.25. The van der Waals surface area contributed by atoms with Gasteiger partial charge in [-0.1, -0.05) is 6.42 Å². The molecule has 0 unspecified atom stereocenters. The molecule has 1 aromatic rings. The number of carbonyl (C=O) groups is 1. The fourth-order valence-corrected chi connectivity index (χ4v) is 4.81. The summed E-state index contributed by atoms with van der Waals surface area (Å²) in [5, 5.41) is 6.62. The highest BCUT2D eigenvalue weighted by Crippen LogP contribution is 2.62. The molecule has 4 nitrogen and oxygen atoms in total. The van der Waals surface area contributed by atoms with E-state index in [9.17, 15) is 9.18 Å². The van der Waals surface area contributed by atoms with Gasteiger partial charge in [-0.25, -0.2) is 4.39 Å². The number of carbonyl (C=O) groups excluding carboxylic acids is 1. The number of nitrogens with one attached hydrogen (secondary N) is 2. The Bertz CT molecular complexity index is 600. The summed E-state index contributed by atoms with van der Waals surface area (Å²) in [6.45, 7) is 2.47. The van der Waals surface area contributed by atoms with Crippen molar-refractivity contribution in [3.63, 3.8) is 0 Å². The van der Waals surface area contributed by atoms with Gasteiger partial charge < -0.3 is 15.4 Å². The van der Waals surface area contributed by atoms with E-state index in [0.29, 0.717) is 35.6 Å². The summed E-state index contributed by atoms with van der Waals surface area (Å²) in [5.41, 5.74) is 0.918. The first-order chi connectivity index (χ1) is 11.7.